The minimum Gasteiger partial charge on any atom is -0.543 e. The first-order valence-electron chi connectivity index (χ1n) is 28.8. The molecule has 0 bridgehead atoms. The van der Waals surface area contributed by atoms with Crippen molar-refractivity contribution in [1.82, 2.24) is 15.5 Å². The van der Waals surface area contributed by atoms with Crippen molar-refractivity contribution in [3.63, 3.8) is 0 Å². The molecule has 4 atom stereocenters. The number of rotatable bonds is 20. The summed E-state index contributed by atoms with van der Waals surface area (Å²) in [7, 11) is -8.36. The third kappa shape index (κ3) is 18.6. The van der Waals surface area contributed by atoms with Crippen LogP contribution in [-0.4, -0.2) is 73.9 Å². The summed E-state index contributed by atoms with van der Waals surface area (Å²) in [5, 5.41) is 12.9. The zero-order valence-electron chi connectivity index (χ0n) is 54.3. The third-order valence-corrected chi connectivity index (χ3v) is 36.7. The Morgan fingerprint density at radius 1 is 0.607 bits per heavy atom. The van der Waals surface area contributed by atoms with Crippen molar-refractivity contribution in [2.24, 2.45) is 5.92 Å². The Morgan fingerprint density at radius 3 is 1.49 bits per heavy atom. The lowest BCUT2D eigenvalue weighted by Crippen LogP contribution is -2.48. The van der Waals surface area contributed by atoms with Crippen molar-refractivity contribution in [3.05, 3.63) is 139 Å². The van der Waals surface area contributed by atoms with Gasteiger partial charge in [-0.15, -0.1) is 10.2 Å². The predicted octanol–water partition coefficient (Wildman–Crippen LogP) is 20.2. The lowest BCUT2D eigenvalue weighted by Gasteiger charge is -2.40. The third-order valence-electron chi connectivity index (χ3n) is 17.9. The van der Waals surface area contributed by atoms with E-state index < -0.39 is 45.3 Å². The lowest BCUT2D eigenvalue weighted by atomic mass is 9.91. The van der Waals surface area contributed by atoms with E-state index in [1.165, 1.54) is 0 Å². The molecule has 0 saturated heterocycles. The molecule has 84 heavy (non-hydrogen) atoms. The highest BCUT2D eigenvalue weighted by molar-refractivity contribution is 6.75. The molecule has 1 aromatic heterocycles. The standard InChI is InChI=1S/C33H49ClN2O4Si2.C32H46ClN3O3Si2.CH4/c1-22-24(17-18-28(35-9)30(22)34)20-27(23(2)39-41(10,11)32(3,4)5)31(38)36-21-29(37)25-15-14-16-26(19-25)40-42(12,13)33(6,7)8;1-21-23(17-18-27(34-9)28(21)33)20-26(22(2)38-40(10,11)31(3,4)5)30-36-35-29(37-30)24-15-14-16-25(19-24)39-41(12,13)32(6,7)8;/h14-19,23,27H,20-21H2,1-8,10-13H3,(H,36,38);14-19,22,26H,20H2,1-8,10-13H3;1H4/t23-,27-;22-,26-;/m11./s1. The van der Waals surface area contributed by atoms with Crippen LogP contribution in [-0.2, 0) is 26.5 Å². The predicted molar refractivity (Wildman–Crippen MR) is 360 cm³/mol. The number of ketones is 1. The average molecular weight is 1260 g/mol. The number of hydrogen-bond acceptors (Lipinski definition) is 9. The van der Waals surface area contributed by atoms with Crippen LogP contribution >= 0.6 is 23.2 Å². The number of nitrogens with zero attached hydrogens (tertiary/aromatic N) is 4. The maximum absolute atomic E-state index is 13.7. The Hall–Kier alpha value is -4.89. The van der Waals surface area contributed by atoms with E-state index >= 15 is 0 Å². The van der Waals surface area contributed by atoms with Gasteiger partial charge < -0.3 is 27.4 Å². The molecule has 460 valence electrons. The molecule has 0 aliphatic heterocycles. The van der Waals surface area contributed by atoms with E-state index in [4.69, 9.17) is 58.5 Å². The smallest absolute Gasteiger partial charge is 0.250 e. The minimum absolute atomic E-state index is 0. The van der Waals surface area contributed by atoms with Crippen molar-refractivity contribution in [1.29, 1.82) is 0 Å². The number of aromatic nitrogens is 2. The number of nitrogens with one attached hydrogen (secondary N) is 1. The van der Waals surface area contributed by atoms with Crippen LogP contribution in [0.2, 0.25) is 82.6 Å². The Balaban J connectivity index is 0.000000435. The van der Waals surface area contributed by atoms with E-state index in [1.54, 1.807) is 24.3 Å². The van der Waals surface area contributed by atoms with Crippen molar-refractivity contribution in [2.75, 3.05) is 6.54 Å². The van der Waals surface area contributed by atoms with Crippen molar-refractivity contribution < 1.29 is 31.7 Å². The summed E-state index contributed by atoms with van der Waals surface area (Å²) in [6, 6.07) is 22.4. The molecule has 0 saturated carbocycles. The van der Waals surface area contributed by atoms with Crippen LogP contribution < -0.4 is 14.2 Å². The average Bonchev–Trinajstić information content (AvgIpc) is 3.86. The molecule has 12 nitrogen and oxygen atoms in total. The molecule has 0 radical (unpaired) electrons. The maximum Gasteiger partial charge on any atom is 0.250 e. The van der Waals surface area contributed by atoms with Gasteiger partial charge in [-0.1, -0.05) is 156 Å². The van der Waals surface area contributed by atoms with Gasteiger partial charge in [0.05, 0.1) is 53.8 Å². The van der Waals surface area contributed by atoms with E-state index in [0.29, 0.717) is 57.4 Å². The lowest BCUT2D eigenvalue weighted by molar-refractivity contribution is -0.127. The second-order valence-corrected chi connectivity index (χ2v) is 48.0. The molecule has 5 rings (SSSR count). The normalized spacial score (nSPS) is 14.1. The van der Waals surface area contributed by atoms with Crippen LogP contribution in [0, 0.1) is 32.9 Å². The van der Waals surface area contributed by atoms with Crippen molar-refractivity contribution in [3.8, 4) is 23.0 Å². The van der Waals surface area contributed by atoms with Gasteiger partial charge in [0.15, 0.2) is 22.4 Å². The van der Waals surface area contributed by atoms with E-state index in [1.807, 2.05) is 69.3 Å². The summed E-state index contributed by atoms with van der Waals surface area (Å²) < 4.78 is 32.8. The number of benzene rings is 4. The number of halogens is 2. The molecular weight excluding hydrogens is 1160 g/mol. The van der Waals surface area contributed by atoms with Crippen LogP contribution in [0.5, 0.6) is 11.5 Å². The number of carbonyl (C=O) groups excluding carboxylic acids is 2. The van der Waals surface area contributed by atoms with Crippen LogP contribution in [0.1, 0.15) is 149 Å². The first-order valence-corrected chi connectivity index (χ1v) is 41.2. The van der Waals surface area contributed by atoms with Crippen LogP contribution in [0.3, 0.4) is 0 Å². The van der Waals surface area contributed by atoms with Crippen molar-refractivity contribution in [2.45, 2.75) is 222 Å². The fraction of sp³-hybridized carbons (Fsp3) is 0.545. The van der Waals surface area contributed by atoms with Gasteiger partial charge in [0.25, 0.3) is 0 Å². The minimum atomic E-state index is -2.19. The number of carbonyl (C=O) groups is 2. The summed E-state index contributed by atoms with van der Waals surface area (Å²) in [4.78, 5) is 34.0. The molecule has 1 heterocycles. The first-order chi connectivity index (χ1) is 37.9. The molecule has 0 aliphatic carbocycles. The Bertz CT molecular complexity index is 3170. The molecule has 1 N–H and O–H groups in total. The molecular formula is C66H99Cl2N5O7Si4. The summed E-state index contributed by atoms with van der Waals surface area (Å²) in [5.41, 5.74) is 5.72. The second kappa shape index (κ2) is 28.3. The molecule has 0 aliphatic rings. The molecule has 5 aromatic rings. The maximum atomic E-state index is 13.7. The summed E-state index contributed by atoms with van der Waals surface area (Å²) in [6.07, 6.45) is 0.378. The van der Waals surface area contributed by atoms with Crippen LogP contribution in [0.25, 0.3) is 21.1 Å². The zero-order chi connectivity index (χ0) is 63.2. The van der Waals surface area contributed by atoms with Gasteiger partial charge in [-0.2, -0.15) is 0 Å². The molecule has 0 spiro atoms. The van der Waals surface area contributed by atoms with Crippen molar-refractivity contribution >= 4 is 79.5 Å². The van der Waals surface area contributed by atoms with Gasteiger partial charge in [0.2, 0.25) is 45.7 Å². The summed E-state index contributed by atoms with van der Waals surface area (Å²) in [5.74, 6) is 1.23. The summed E-state index contributed by atoms with van der Waals surface area (Å²) >= 11 is 13.0. The molecule has 18 heteroatoms. The highest BCUT2D eigenvalue weighted by Gasteiger charge is 2.44. The largest absolute Gasteiger partial charge is 0.543 e. The highest BCUT2D eigenvalue weighted by Crippen LogP contribution is 2.44. The van der Waals surface area contributed by atoms with Gasteiger partial charge in [-0.3, -0.25) is 9.59 Å². The van der Waals surface area contributed by atoms with Crippen LogP contribution in [0.4, 0.5) is 11.4 Å². The van der Waals surface area contributed by atoms with Gasteiger partial charge in [-0.05, 0) is 166 Å². The quantitative estimate of drug-likeness (QED) is 0.0460. The second-order valence-electron chi connectivity index (χ2n) is 28.2. The van der Waals surface area contributed by atoms with E-state index in [2.05, 4.69) is 168 Å². The highest BCUT2D eigenvalue weighted by atomic mass is 35.5. The molecule has 1 amide bonds. The van der Waals surface area contributed by atoms with Crippen LogP contribution in [0.15, 0.2) is 77.2 Å². The molecule has 0 fully saturated rings. The molecule has 4 aromatic carbocycles. The molecule has 0 unspecified atom stereocenters. The van der Waals surface area contributed by atoms with E-state index in [9.17, 15) is 9.59 Å². The van der Waals surface area contributed by atoms with Gasteiger partial charge in [0.1, 0.15) is 11.5 Å². The first kappa shape index (κ1) is 73.4. The zero-order valence-corrected chi connectivity index (χ0v) is 59.8. The SMILES string of the molecule is C.[C-]#[N+]c1ccc(C[C@@H](C(=O)NCC(=O)c2cccc(O[Si](C)(C)C(C)(C)C)c2)[C@@H](C)O[Si](C)(C)C(C)(C)C)c(C)c1Cl.[C-]#[N+]c1ccc(C[C@@H](c2nnc(-c3cccc(O[Si](C)(C)C(C)(C)C)c3)o2)[C@@H](C)O[Si](C)(C)C(C)(C)C)c(C)c1Cl. The fourth-order valence-corrected chi connectivity index (χ4v) is 13.5. The van der Waals surface area contributed by atoms with E-state index in [-0.39, 0.29) is 57.8 Å². The Morgan fingerprint density at radius 2 is 1.04 bits per heavy atom. The number of Topliss-reactive ketones (excluding diaryl/α,β-unsaturated/α-hetero) is 1. The Labute approximate surface area is 520 Å². The number of amides is 1. The topological polar surface area (TPSA) is 131 Å². The van der Waals surface area contributed by atoms with Gasteiger partial charge in [-0.25, -0.2) is 9.69 Å². The van der Waals surface area contributed by atoms with Gasteiger partial charge >= 0.3 is 0 Å². The summed E-state index contributed by atoms with van der Waals surface area (Å²) in [6.45, 7) is 66.5. The fourth-order valence-electron chi connectivity index (χ4n) is 8.11. The van der Waals surface area contributed by atoms with Gasteiger partial charge in [0, 0.05) is 11.1 Å². The number of hydrogen-bond donors (Lipinski definition) is 1. The monoisotopic (exact) mass is 1260 g/mol. The Kier molecular flexibility index (Phi) is 24.7. The van der Waals surface area contributed by atoms with E-state index in [0.717, 1.165) is 33.6 Å².